The average Bonchev–Trinajstić information content (AvgIpc) is 3.13. The van der Waals surface area contributed by atoms with Gasteiger partial charge in [0.25, 0.3) is 0 Å². The predicted molar refractivity (Wildman–Crippen MR) is 103 cm³/mol. The number of carbonyl (C=O) groups excluding carboxylic acids is 2. The highest BCUT2D eigenvalue weighted by atomic mass is 16.1. The molecule has 0 radical (unpaired) electrons. The van der Waals surface area contributed by atoms with Gasteiger partial charge in [0.2, 0.25) is 5.91 Å². The first kappa shape index (κ1) is 18.5. The number of nitrogens with one attached hydrogen (secondary N) is 1. The molecule has 0 aliphatic carbocycles. The van der Waals surface area contributed by atoms with Crippen molar-refractivity contribution >= 4 is 11.7 Å². The third kappa shape index (κ3) is 5.10. The first-order valence-corrected chi connectivity index (χ1v) is 8.91. The number of hydrogen-bond donors (Lipinski definition) is 1. The number of Topliss-reactive ketones (excluding diaryl/α,β-unsaturated/α-hetero) is 1. The van der Waals surface area contributed by atoms with Crippen LogP contribution in [0.3, 0.4) is 0 Å². The number of ketones is 1. The molecule has 2 aromatic heterocycles. The Bertz CT molecular complexity index is 919. The molecule has 0 unspecified atom stereocenters. The van der Waals surface area contributed by atoms with E-state index in [4.69, 9.17) is 0 Å². The third-order valence-corrected chi connectivity index (χ3v) is 4.30. The van der Waals surface area contributed by atoms with Gasteiger partial charge in [-0.25, -0.2) is 0 Å². The molecule has 6 nitrogen and oxygen atoms in total. The summed E-state index contributed by atoms with van der Waals surface area (Å²) in [6.07, 6.45) is 6.48. The van der Waals surface area contributed by atoms with E-state index in [2.05, 4.69) is 15.4 Å². The molecule has 0 fully saturated rings. The number of hydrogen-bond acceptors (Lipinski definition) is 4. The Balaban J connectivity index is 1.46. The first-order valence-electron chi connectivity index (χ1n) is 8.91. The van der Waals surface area contributed by atoms with Crippen LogP contribution in [-0.4, -0.2) is 26.5 Å². The molecule has 1 amide bonds. The van der Waals surface area contributed by atoms with Crippen molar-refractivity contribution in [3.8, 4) is 11.3 Å². The van der Waals surface area contributed by atoms with E-state index in [1.165, 1.54) is 0 Å². The number of carbonyl (C=O) groups is 2. The van der Waals surface area contributed by atoms with E-state index in [1.807, 2.05) is 37.4 Å². The second-order valence-electron chi connectivity index (χ2n) is 6.34. The second kappa shape index (κ2) is 8.89. The van der Waals surface area contributed by atoms with Crippen molar-refractivity contribution in [3.05, 3.63) is 72.2 Å². The quantitative estimate of drug-likeness (QED) is 0.625. The maximum atomic E-state index is 12.0. The lowest BCUT2D eigenvalue weighted by Gasteiger charge is -2.07. The second-order valence-corrected chi connectivity index (χ2v) is 6.34. The number of benzene rings is 1. The molecule has 3 rings (SSSR count). The van der Waals surface area contributed by atoms with Crippen molar-refractivity contribution in [1.29, 1.82) is 0 Å². The minimum Gasteiger partial charge on any atom is -0.352 e. The molecule has 0 spiro atoms. The molecule has 0 aliphatic rings. The van der Waals surface area contributed by atoms with Gasteiger partial charge in [-0.3, -0.25) is 19.3 Å². The topological polar surface area (TPSA) is 76.9 Å². The lowest BCUT2D eigenvalue weighted by atomic mass is 10.1. The summed E-state index contributed by atoms with van der Waals surface area (Å²) in [5.74, 6) is -0.00160. The van der Waals surface area contributed by atoms with Gasteiger partial charge in [-0.05, 0) is 24.1 Å². The highest BCUT2D eigenvalue weighted by Crippen LogP contribution is 2.18. The van der Waals surface area contributed by atoms with Gasteiger partial charge in [0.1, 0.15) is 0 Å². The summed E-state index contributed by atoms with van der Waals surface area (Å²) >= 11 is 0. The van der Waals surface area contributed by atoms with Crippen LogP contribution in [0.4, 0.5) is 0 Å². The minimum atomic E-state index is -0.0678. The summed E-state index contributed by atoms with van der Waals surface area (Å²) in [5.41, 5.74) is 3.53. The van der Waals surface area contributed by atoms with E-state index in [-0.39, 0.29) is 11.7 Å². The zero-order chi connectivity index (χ0) is 19.1. The van der Waals surface area contributed by atoms with Crippen LogP contribution in [0.15, 0.2) is 61.1 Å². The van der Waals surface area contributed by atoms with Crippen LogP contribution < -0.4 is 5.32 Å². The summed E-state index contributed by atoms with van der Waals surface area (Å²) in [5, 5.41) is 7.05. The van der Waals surface area contributed by atoms with Crippen molar-refractivity contribution < 1.29 is 9.59 Å². The molecular formula is C21H22N4O2. The zero-order valence-corrected chi connectivity index (χ0v) is 15.3. The predicted octanol–water partition coefficient (Wildman–Crippen LogP) is 3.15. The van der Waals surface area contributed by atoms with Gasteiger partial charge >= 0.3 is 0 Å². The van der Waals surface area contributed by atoms with Crippen LogP contribution in [0.2, 0.25) is 0 Å². The maximum absolute atomic E-state index is 12.0. The molecule has 6 heteroatoms. The third-order valence-electron chi connectivity index (χ3n) is 4.30. The lowest BCUT2D eigenvalue weighted by molar-refractivity contribution is -0.121. The molecule has 3 aromatic rings. The fourth-order valence-corrected chi connectivity index (χ4v) is 2.85. The molecule has 0 bridgehead atoms. The number of aryl methyl sites for hydroxylation is 1. The highest BCUT2D eigenvalue weighted by Gasteiger charge is 2.08. The Kier molecular flexibility index (Phi) is 6.10. The van der Waals surface area contributed by atoms with Crippen LogP contribution in [0.25, 0.3) is 11.3 Å². The standard InChI is InChI=1S/C21H22N4O2/c1-25-19(10-11-24-25)18-12-16(13-22-15-18)14-23-21(27)9-5-8-20(26)17-6-3-2-4-7-17/h2-4,6-7,10-13,15H,5,8-9,14H2,1H3,(H,23,27). The van der Waals surface area contributed by atoms with Gasteiger partial charge in [-0.2, -0.15) is 5.10 Å². The van der Waals surface area contributed by atoms with E-state index >= 15 is 0 Å². The van der Waals surface area contributed by atoms with Gasteiger partial charge in [-0.1, -0.05) is 30.3 Å². The fourth-order valence-electron chi connectivity index (χ4n) is 2.85. The summed E-state index contributed by atoms with van der Waals surface area (Å²) in [6.45, 7) is 0.407. The average molecular weight is 362 g/mol. The van der Waals surface area contributed by atoms with Crippen LogP contribution >= 0.6 is 0 Å². The van der Waals surface area contributed by atoms with E-state index in [9.17, 15) is 9.59 Å². The molecule has 2 heterocycles. The van der Waals surface area contributed by atoms with E-state index in [0.717, 1.165) is 16.8 Å². The van der Waals surface area contributed by atoms with Crippen LogP contribution in [0.5, 0.6) is 0 Å². The Hall–Kier alpha value is -3.28. The minimum absolute atomic E-state index is 0.0662. The largest absolute Gasteiger partial charge is 0.352 e. The number of pyridine rings is 1. The van der Waals surface area contributed by atoms with E-state index < -0.39 is 0 Å². The molecule has 1 aromatic carbocycles. The van der Waals surface area contributed by atoms with Crippen molar-refractivity contribution in [2.24, 2.45) is 7.05 Å². The Morgan fingerprint density at radius 3 is 2.63 bits per heavy atom. The fraction of sp³-hybridized carbons (Fsp3) is 0.238. The van der Waals surface area contributed by atoms with Crippen LogP contribution in [0.1, 0.15) is 35.2 Å². The Morgan fingerprint density at radius 2 is 1.89 bits per heavy atom. The van der Waals surface area contributed by atoms with Gasteiger partial charge in [0, 0.05) is 56.2 Å². The van der Waals surface area contributed by atoms with E-state index in [1.54, 1.807) is 35.4 Å². The molecule has 0 aliphatic heterocycles. The summed E-state index contributed by atoms with van der Waals surface area (Å²) in [4.78, 5) is 28.3. The van der Waals surface area contributed by atoms with Crippen LogP contribution in [-0.2, 0) is 18.4 Å². The monoisotopic (exact) mass is 362 g/mol. The molecule has 27 heavy (non-hydrogen) atoms. The SMILES string of the molecule is Cn1nccc1-c1cncc(CNC(=O)CCCC(=O)c2ccccc2)c1. The van der Waals surface area contributed by atoms with Crippen LogP contribution in [0, 0.1) is 0 Å². The molecular weight excluding hydrogens is 340 g/mol. The molecule has 0 saturated heterocycles. The summed E-state index contributed by atoms with van der Waals surface area (Å²) < 4.78 is 1.78. The van der Waals surface area contributed by atoms with Crippen molar-refractivity contribution in [2.45, 2.75) is 25.8 Å². The van der Waals surface area contributed by atoms with E-state index in [0.29, 0.717) is 31.4 Å². The lowest BCUT2D eigenvalue weighted by Crippen LogP contribution is -2.22. The molecule has 0 atom stereocenters. The molecule has 1 N–H and O–H groups in total. The van der Waals surface area contributed by atoms with Gasteiger partial charge in [0.05, 0.1) is 5.69 Å². The number of nitrogens with zero attached hydrogens (tertiary/aromatic N) is 3. The van der Waals surface area contributed by atoms with Crippen molar-refractivity contribution in [3.63, 3.8) is 0 Å². The van der Waals surface area contributed by atoms with Crippen molar-refractivity contribution in [1.82, 2.24) is 20.1 Å². The zero-order valence-electron chi connectivity index (χ0n) is 15.3. The number of amides is 1. The van der Waals surface area contributed by atoms with Gasteiger partial charge in [0.15, 0.2) is 5.78 Å². The summed E-state index contributed by atoms with van der Waals surface area (Å²) in [6, 6.07) is 13.1. The molecule has 0 saturated carbocycles. The number of rotatable bonds is 8. The maximum Gasteiger partial charge on any atom is 0.220 e. The highest BCUT2D eigenvalue weighted by molar-refractivity contribution is 5.96. The van der Waals surface area contributed by atoms with Gasteiger partial charge in [-0.15, -0.1) is 0 Å². The van der Waals surface area contributed by atoms with Gasteiger partial charge < -0.3 is 5.32 Å². The Morgan fingerprint density at radius 1 is 1.07 bits per heavy atom. The molecule has 138 valence electrons. The normalized spacial score (nSPS) is 10.6. The number of aromatic nitrogens is 3. The first-order chi connectivity index (χ1) is 13.1. The van der Waals surface area contributed by atoms with Crippen molar-refractivity contribution in [2.75, 3.05) is 0 Å². The summed E-state index contributed by atoms with van der Waals surface area (Å²) in [7, 11) is 1.88. The Labute approximate surface area is 158 Å². The smallest absolute Gasteiger partial charge is 0.220 e.